The summed E-state index contributed by atoms with van der Waals surface area (Å²) in [5.74, 6) is -0.0612. The number of nitrogens with two attached hydrogens (primary N) is 1. The van der Waals surface area contributed by atoms with Gasteiger partial charge in [-0.2, -0.15) is 5.10 Å². The molecule has 0 aliphatic carbocycles. The van der Waals surface area contributed by atoms with Crippen LogP contribution in [0.2, 0.25) is 0 Å². The van der Waals surface area contributed by atoms with Crippen LogP contribution < -0.4 is 5.73 Å². The number of aromatic nitrogens is 3. The third-order valence-corrected chi connectivity index (χ3v) is 3.75. The van der Waals surface area contributed by atoms with Crippen LogP contribution in [0.25, 0.3) is 0 Å². The van der Waals surface area contributed by atoms with Crippen molar-refractivity contribution >= 4 is 11.6 Å². The molecule has 1 saturated heterocycles. The van der Waals surface area contributed by atoms with Crippen molar-refractivity contribution in [3.63, 3.8) is 0 Å². The maximum Gasteiger partial charge on any atom is 0.274 e. The van der Waals surface area contributed by atoms with Crippen LogP contribution in [0, 0.1) is 0 Å². The maximum absolute atomic E-state index is 12.7. The van der Waals surface area contributed by atoms with Crippen molar-refractivity contribution in [3.8, 4) is 0 Å². The zero-order valence-electron chi connectivity index (χ0n) is 11.4. The van der Waals surface area contributed by atoms with Gasteiger partial charge in [-0.25, -0.2) is 0 Å². The Balaban J connectivity index is 1.91. The van der Waals surface area contributed by atoms with E-state index in [0.717, 1.165) is 24.9 Å². The molecule has 2 aromatic rings. The quantitative estimate of drug-likeness (QED) is 0.895. The molecule has 0 spiro atoms. The van der Waals surface area contributed by atoms with E-state index in [1.807, 2.05) is 23.2 Å². The van der Waals surface area contributed by atoms with Crippen molar-refractivity contribution in [3.05, 3.63) is 42.0 Å². The number of aryl methyl sites for hydroxylation is 1. The van der Waals surface area contributed by atoms with E-state index < -0.39 is 0 Å². The smallest absolute Gasteiger partial charge is 0.274 e. The largest absolute Gasteiger partial charge is 0.396 e. The summed E-state index contributed by atoms with van der Waals surface area (Å²) in [7, 11) is 1.73. The number of nitrogen functional groups attached to an aromatic ring is 1. The fourth-order valence-corrected chi connectivity index (χ4v) is 2.78. The monoisotopic (exact) mass is 271 g/mol. The minimum Gasteiger partial charge on any atom is -0.396 e. The molecule has 6 nitrogen and oxygen atoms in total. The molecule has 0 radical (unpaired) electrons. The standard InChI is InChI=1S/C14H17N5O/c1-18-13(11(15)9-17-18)14(20)19-7-3-5-12(19)10-4-2-6-16-8-10/h2,4,6,8-9,12H,3,5,7,15H2,1H3. The van der Waals surface area contributed by atoms with E-state index in [4.69, 9.17) is 5.73 Å². The fourth-order valence-electron chi connectivity index (χ4n) is 2.78. The minimum absolute atomic E-state index is 0.0612. The topological polar surface area (TPSA) is 77.0 Å². The van der Waals surface area contributed by atoms with Crippen LogP contribution in [0.1, 0.15) is 34.9 Å². The molecule has 2 aromatic heterocycles. The molecule has 3 heterocycles. The van der Waals surface area contributed by atoms with Crippen LogP contribution in [0.5, 0.6) is 0 Å². The van der Waals surface area contributed by atoms with Crippen molar-refractivity contribution in [2.75, 3.05) is 12.3 Å². The number of rotatable bonds is 2. The Hall–Kier alpha value is -2.37. The lowest BCUT2D eigenvalue weighted by Crippen LogP contribution is -2.32. The molecular weight excluding hydrogens is 254 g/mol. The summed E-state index contributed by atoms with van der Waals surface area (Å²) in [5.41, 5.74) is 7.80. The second-order valence-corrected chi connectivity index (χ2v) is 5.02. The SMILES string of the molecule is Cn1ncc(N)c1C(=O)N1CCCC1c1cccnc1. The first-order valence-corrected chi connectivity index (χ1v) is 6.67. The van der Waals surface area contributed by atoms with Crippen LogP contribution >= 0.6 is 0 Å². The summed E-state index contributed by atoms with van der Waals surface area (Å²) in [5, 5.41) is 4.04. The van der Waals surface area contributed by atoms with Gasteiger partial charge in [0, 0.05) is 26.0 Å². The Labute approximate surface area is 117 Å². The summed E-state index contributed by atoms with van der Waals surface area (Å²) in [4.78, 5) is 18.7. The summed E-state index contributed by atoms with van der Waals surface area (Å²) in [6.07, 6.45) is 7.02. The van der Waals surface area contributed by atoms with Gasteiger partial charge >= 0.3 is 0 Å². The predicted octanol–water partition coefficient (Wildman–Crippen LogP) is 1.37. The molecule has 1 unspecified atom stereocenters. The first kappa shape index (κ1) is 12.7. The summed E-state index contributed by atoms with van der Waals surface area (Å²) < 4.78 is 1.54. The zero-order valence-corrected chi connectivity index (χ0v) is 11.4. The molecule has 1 fully saturated rings. The highest BCUT2D eigenvalue weighted by molar-refractivity contribution is 5.97. The number of pyridine rings is 1. The molecule has 0 aromatic carbocycles. The van der Waals surface area contributed by atoms with Gasteiger partial charge in [0.25, 0.3) is 5.91 Å². The number of carbonyl (C=O) groups is 1. The van der Waals surface area contributed by atoms with Crippen molar-refractivity contribution in [1.82, 2.24) is 19.7 Å². The van der Waals surface area contributed by atoms with Crippen molar-refractivity contribution in [2.24, 2.45) is 7.05 Å². The van der Waals surface area contributed by atoms with Gasteiger partial charge in [0.1, 0.15) is 5.69 Å². The lowest BCUT2D eigenvalue weighted by atomic mass is 10.1. The van der Waals surface area contributed by atoms with Gasteiger partial charge in [-0.3, -0.25) is 14.5 Å². The third-order valence-electron chi connectivity index (χ3n) is 3.75. The minimum atomic E-state index is -0.0612. The molecule has 1 atom stereocenters. The van der Waals surface area contributed by atoms with Crippen LogP contribution in [-0.2, 0) is 7.05 Å². The van der Waals surface area contributed by atoms with E-state index in [1.165, 1.54) is 10.9 Å². The van der Waals surface area contributed by atoms with Gasteiger partial charge < -0.3 is 10.6 Å². The molecule has 3 rings (SSSR count). The van der Waals surface area contributed by atoms with Gasteiger partial charge in [0.2, 0.25) is 0 Å². The van der Waals surface area contributed by atoms with Crippen LogP contribution in [0.4, 0.5) is 5.69 Å². The lowest BCUT2D eigenvalue weighted by molar-refractivity contribution is 0.0725. The Kier molecular flexibility index (Phi) is 3.14. The molecule has 1 amide bonds. The van der Waals surface area contributed by atoms with E-state index in [-0.39, 0.29) is 11.9 Å². The van der Waals surface area contributed by atoms with Crippen LogP contribution in [0.3, 0.4) is 0 Å². The molecule has 6 heteroatoms. The Morgan fingerprint density at radius 3 is 2.95 bits per heavy atom. The average Bonchev–Trinajstić information content (AvgIpc) is 3.07. The van der Waals surface area contributed by atoms with E-state index in [1.54, 1.807) is 13.2 Å². The number of anilines is 1. The van der Waals surface area contributed by atoms with Crippen molar-refractivity contribution < 1.29 is 4.79 Å². The molecule has 2 N–H and O–H groups in total. The second kappa shape index (κ2) is 4.96. The number of nitrogens with zero attached hydrogens (tertiary/aromatic N) is 4. The van der Waals surface area contributed by atoms with Gasteiger partial charge in [-0.05, 0) is 24.5 Å². The predicted molar refractivity (Wildman–Crippen MR) is 74.9 cm³/mol. The van der Waals surface area contributed by atoms with Gasteiger partial charge in [0.05, 0.1) is 17.9 Å². The highest BCUT2D eigenvalue weighted by Gasteiger charge is 2.32. The second-order valence-electron chi connectivity index (χ2n) is 5.02. The van der Waals surface area contributed by atoms with E-state index in [2.05, 4.69) is 10.1 Å². The lowest BCUT2D eigenvalue weighted by Gasteiger charge is -2.25. The molecule has 104 valence electrons. The van der Waals surface area contributed by atoms with Crippen LogP contribution in [0.15, 0.2) is 30.7 Å². The fraction of sp³-hybridized carbons (Fsp3) is 0.357. The number of amides is 1. The summed E-state index contributed by atoms with van der Waals surface area (Å²) in [6, 6.07) is 3.98. The first-order valence-electron chi connectivity index (χ1n) is 6.67. The number of likely N-dealkylation sites (tertiary alicyclic amines) is 1. The molecule has 20 heavy (non-hydrogen) atoms. The third kappa shape index (κ3) is 2.03. The van der Waals surface area contributed by atoms with Crippen molar-refractivity contribution in [1.29, 1.82) is 0 Å². The van der Waals surface area contributed by atoms with E-state index >= 15 is 0 Å². The number of hydrogen-bond donors (Lipinski definition) is 1. The van der Waals surface area contributed by atoms with Crippen LogP contribution in [-0.4, -0.2) is 32.1 Å². The molecule has 0 bridgehead atoms. The average molecular weight is 271 g/mol. The molecule has 1 aliphatic heterocycles. The highest BCUT2D eigenvalue weighted by atomic mass is 16.2. The van der Waals surface area contributed by atoms with Gasteiger partial charge in [-0.15, -0.1) is 0 Å². The van der Waals surface area contributed by atoms with E-state index in [0.29, 0.717) is 11.4 Å². The first-order chi connectivity index (χ1) is 9.68. The van der Waals surface area contributed by atoms with E-state index in [9.17, 15) is 4.79 Å². The Morgan fingerprint density at radius 1 is 1.45 bits per heavy atom. The van der Waals surface area contributed by atoms with Gasteiger partial charge in [0.15, 0.2) is 0 Å². The maximum atomic E-state index is 12.7. The number of hydrogen-bond acceptors (Lipinski definition) is 4. The zero-order chi connectivity index (χ0) is 14.1. The molecule has 0 saturated carbocycles. The van der Waals surface area contributed by atoms with Crippen molar-refractivity contribution in [2.45, 2.75) is 18.9 Å². The Morgan fingerprint density at radius 2 is 2.30 bits per heavy atom. The normalized spacial score (nSPS) is 18.4. The van der Waals surface area contributed by atoms with Gasteiger partial charge in [-0.1, -0.05) is 6.07 Å². The molecular formula is C14H17N5O. The summed E-state index contributed by atoms with van der Waals surface area (Å²) >= 11 is 0. The Bertz CT molecular complexity index is 602. The summed E-state index contributed by atoms with van der Waals surface area (Å²) in [6.45, 7) is 0.739. The number of carbonyl (C=O) groups excluding carboxylic acids is 1. The molecule has 1 aliphatic rings. The highest BCUT2D eigenvalue weighted by Crippen LogP contribution is 2.33.